The zero-order valence-electron chi connectivity index (χ0n) is 11.1. The summed E-state index contributed by atoms with van der Waals surface area (Å²) in [4.78, 5) is 11.4. The van der Waals surface area contributed by atoms with E-state index in [4.69, 9.17) is 4.42 Å². The smallest absolute Gasteiger partial charge is 0.374 e. The number of methoxy groups -OCH3 is 1. The Morgan fingerprint density at radius 3 is 2.89 bits per heavy atom. The van der Waals surface area contributed by atoms with E-state index in [-0.39, 0.29) is 0 Å². The van der Waals surface area contributed by atoms with Gasteiger partial charge in [0.05, 0.1) is 13.4 Å². The van der Waals surface area contributed by atoms with E-state index in [1.807, 2.05) is 6.07 Å². The topological polar surface area (TPSA) is 51.5 Å². The molecule has 0 unspecified atom stereocenters. The predicted octanol–water partition coefficient (Wildman–Crippen LogP) is 2.74. The molecule has 18 heavy (non-hydrogen) atoms. The van der Waals surface area contributed by atoms with Crippen molar-refractivity contribution in [3.8, 4) is 0 Å². The molecule has 0 atom stereocenters. The SMILES string of the molecule is CCC1(CNCc2ccoc2C(=O)OC)CCC1. The number of rotatable bonds is 6. The van der Waals surface area contributed by atoms with Crippen LogP contribution in [0.5, 0.6) is 0 Å². The number of nitrogens with one attached hydrogen (secondary N) is 1. The van der Waals surface area contributed by atoms with Gasteiger partial charge in [0.2, 0.25) is 5.76 Å². The van der Waals surface area contributed by atoms with Gasteiger partial charge in [-0.1, -0.05) is 13.3 Å². The van der Waals surface area contributed by atoms with E-state index in [1.54, 1.807) is 0 Å². The third-order valence-corrected chi connectivity index (χ3v) is 4.10. The van der Waals surface area contributed by atoms with Crippen molar-refractivity contribution in [2.75, 3.05) is 13.7 Å². The van der Waals surface area contributed by atoms with Gasteiger partial charge in [0.15, 0.2) is 0 Å². The van der Waals surface area contributed by atoms with Crippen LogP contribution in [0, 0.1) is 5.41 Å². The highest BCUT2D eigenvalue weighted by Crippen LogP contribution is 2.43. The first-order valence-corrected chi connectivity index (χ1v) is 6.56. The molecule has 0 spiro atoms. The van der Waals surface area contributed by atoms with E-state index in [9.17, 15) is 4.79 Å². The van der Waals surface area contributed by atoms with Crippen LogP contribution in [0.2, 0.25) is 0 Å². The molecule has 1 aromatic rings. The monoisotopic (exact) mass is 251 g/mol. The molecule has 100 valence electrons. The quantitative estimate of drug-likeness (QED) is 0.790. The van der Waals surface area contributed by atoms with Crippen LogP contribution in [0.1, 0.15) is 48.7 Å². The Bertz CT molecular complexity index is 401. The number of carbonyl (C=O) groups is 1. The third-order valence-electron chi connectivity index (χ3n) is 4.10. The van der Waals surface area contributed by atoms with Crippen LogP contribution in [0.3, 0.4) is 0 Å². The molecule has 1 fully saturated rings. The lowest BCUT2D eigenvalue weighted by Crippen LogP contribution is -2.39. The number of hydrogen-bond acceptors (Lipinski definition) is 4. The molecule has 1 saturated carbocycles. The Labute approximate surface area is 108 Å². The van der Waals surface area contributed by atoms with Crippen LogP contribution in [0.4, 0.5) is 0 Å². The highest BCUT2D eigenvalue weighted by atomic mass is 16.5. The van der Waals surface area contributed by atoms with Gasteiger partial charge in [0.1, 0.15) is 0 Å². The van der Waals surface area contributed by atoms with Crippen LogP contribution in [0.25, 0.3) is 0 Å². The average Bonchev–Trinajstić information content (AvgIpc) is 2.80. The largest absolute Gasteiger partial charge is 0.463 e. The van der Waals surface area contributed by atoms with E-state index in [0.717, 1.165) is 12.1 Å². The highest BCUT2D eigenvalue weighted by molar-refractivity contribution is 5.87. The van der Waals surface area contributed by atoms with Crippen LogP contribution in [-0.2, 0) is 11.3 Å². The Kier molecular flexibility index (Phi) is 4.07. The van der Waals surface area contributed by atoms with E-state index in [1.165, 1.54) is 39.1 Å². The van der Waals surface area contributed by atoms with Gasteiger partial charge in [-0.05, 0) is 30.7 Å². The van der Waals surface area contributed by atoms with Gasteiger partial charge < -0.3 is 14.5 Å². The van der Waals surface area contributed by atoms with Crippen molar-refractivity contribution in [1.82, 2.24) is 5.32 Å². The summed E-state index contributed by atoms with van der Waals surface area (Å²) in [5.74, 6) is -0.102. The van der Waals surface area contributed by atoms with Gasteiger partial charge in [-0.2, -0.15) is 0 Å². The van der Waals surface area contributed by atoms with E-state index >= 15 is 0 Å². The van der Waals surface area contributed by atoms with E-state index in [2.05, 4.69) is 17.0 Å². The summed E-state index contributed by atoms with van der Waals surface area (Å²) in [5, 5.41) is 3.43. The lowest BCUT2D eigenvalue weighted by Gasteiger charge is -2.41. The van der Waals surface area contributed by atoms with E-state index in [0.29, 0.717) is 17.7 Å². The van der Waals surface area contributed by atoms with Crippen LogP contribution < -0.4 is 5.32 Å². The third kappa shape index (κ3) is 2.58. The second kappa shape index (κ2) is 5.57. The lowest BCUT2D eigenvalue weighted by atomic mass is 9.67. The standard InChI is InChI=1S/C14H21NO3/c1-3-14(6-4-7-14)10-15-9-11-5-8-18-12(11)13(16)17-2/h5,8,15H,3-4,6-7,9-10H2,1-2H3. The van der Waals surface area contributed by atoms with Crippen molar-refractivity contribution in [1.29, 1.82) is 0 Å². The molecular formula is C14H21NO3. The fraction of sp³-hybridized carbons (Fsp3) is 0.643. The second-order valence-electron chi connectivity index (χ2n) is 5.08. The molecule has 4 heteroatoms. The van der Waals surface area contributed by atoms with Gasteiger partial charge in [0.25, 0.3) is 0 Å². The summed E-state index contributed by atoms with van der Waals surface area (Å²) < 4.78 is 9.83. The van der Waals surface area contributed by atoms with E-state index < -0.39 is 5.97 Å². The number of ether oxygens (including phenoxy) is 1. The fourth-order valence-corrected chi connectivity index (χ4v) is 2.54. The average molecular weight is 251 g/mol. The van der Waals surface area contributed by atoms with Crippen molar-refractivity contribution >= 4 is 5.97 Å². The molecule has 1 aromatic heterocycles. The molecular weight excluding hydrogens is 230 g/mol. The molecule has 1 aliphatic rings. The first kappa shape index (κ1) is 13.1. The first-order chi connectivity index (χ1) is 8.71. The van der Waals surface area contributed by atoms with Crippen LogP contribution in [-0.4, -0.2) is 19.6 Å². The molecule has 1 N–H and O–H groups in total. The summed E-state index contributed by atoms with van der Waals surface area (Å²) in [6.45, 7) is 3.91. The van der Waals surface area contributed by atoms with Crippen molar-refractivity contribution in [2.24, 2.45) is 5.41 Å². The Hall–Kier alpha value is -1.29. The molecule has 1 heterocycles. The minimum atomic E-state index is -0.411. The van der Waals surface area contributed by atoms with Gasteiger partial charge >= 0.3 is 5.97 Å². The zero-order chi connectivity index (χ0) is 13.0. The maximum Gasteiger partial charge on any atom is 0.374 e. The Morgan fingerprint density at radius 1 is 1.56 bits per heavy atom. The maximum atomic E-state index is 11.4. The number of hydrogen-bond donors (Lipinski definition) is 1. The minimum absolute atomic E-state index is 0.309. The molecule has 0 radical (unpaired) electrons. The van der Waals surface area contributed by atoms with Crippen molar-refractivity contribution in [3.05, 3.63) is 23.7 Å². The number of furan rings is 1. The summed E-state index contributed by atoms with van der Waals surface area (Å²) in [7, 11) is 1.36. The Morgan fingerprint density at radius 2 is 2.33 bits per heavy atom. The summed E-state index contributed by atoms with van der Waals surface area (Å²) >= 11 is 0. The molecule has 0 aromatic carbocycles. The number of carbonyl (C=O) groups excluding carboxylic acids is 1. The summed E-state index contributed by atoms with van der Waals surface area (Å²) in [6.07, 6.45) is 6.71. The van der Waals surface area contributed by atoms with Gasteiger partial charge in [-0.25, -0.2) is 4.79 Å². The Balaban J connectivity index is 1.87. The second-order valence-corrected chi connectivity index (χ2v) is 5.08. The van der Waals surface area contributed by atoms with Crippen LogP contribution in [0.15, 0.2) is 16.7 Å². The molecule has 4 nitrogen and oxygen atoms in total. The first-order valence-electron chi connectivity index (χ1n) is 6.56. The summed E-state index contributed by atoms with van der Waals surface area (Å²) in [6, 6.07) is 1.82. The minimum Gasteiger partial charge on any atom is -0.463 e. The van der Waals surface area contributed by atoms with Gasteiger partial charge in [0, 0.05) is 18.7 Å². The molecule has 0 bridgehead atoms. The fourth-order valence-electron chi connectivity index (χ4n) is 2.54. The number of esters is 1. The van der Waals surface area contributed by atoms with Crippen molar-refractivity contribution in [3.63, 3.8) is 0 Å². The van der Waals surface area contributed by atoms with Crippen molar-refractivity contribution < 1.29 is 13.9 Å². The predicted molar refractivity (Wildman–Crippen MR) is 68.3 cm³/mol. The molecule has 0 amide bonds. The van der Waals surface area contributed by atoms with Crippen molar-refractivity contribution in [2.45, 2.75) is 39.2 Å². The highest BCUT2D eigenvalue weighted by Gasteiger charge is 2.34. The molecule has 2 rings (SSSR count). The normalized spacial score (nSPS) is 17.2. The maximum absolute atomic E-state index is 11.4. The molecule has 0 aliphatic heterocycles. The van der Waals surface area contributed by atoms with Gasteiger partial charge in [-0.3, -0.25) is 0 Å². The molecule has 1 aliphatic carbocycles. The van der Waals surface area contributed by atoms with Gasteiger partial charge in [-0.15, -0.1) is 0 Å². The zero-order valence-corrected chi connectivity index (χ0v) is 11.1. The summed E-state index contributed by atoms with van der Waals surface area (Å²) in [5.41, 5.74) is 1.35. The lowest BCUT2D eigenvalue weighted by molar-refractivity contribution is 0.0563. The van der Waals surface area contributed by atoms with Crippen LogP contribution >= 0.6 is 0 Å². The molecule has 0 saturated heterocycles.